The Morgan fingerprint density at radius 3 is 2.86 bits per heavy atom. The minimum atomic E-state index is -0.0537. The highest BCUT2D eigenvalue weighted by Crippen LogP contribution is 2.48. The summed E-state index contributed by atoms with van der Waals surface area (Å²) in [7, 11) is 0. The van der Waals surface area contributed by atoms with Gasteiger partial charge in [0.2, 0.25) is 0 Å². The zero-order chi connectivity index (χ0) is 13.9. The second-order valence-electron chi connectivity index (χ2n) is 6.73. The third-order valence-electron chi connectivity index (χ3n) is 5.56. The van der Waals surface area contributed by atoms with Crippen molar-refractivity contribution in [2.24, 2.45) is 16.8 Å². The van der Waals surface area contributed by atoms with Crippen molar-refractivity contribution in [1.82, 2.24) is 10.9 Å². The Morgan fingerprint density at radius 2 is 2.05 bits per heavy atom. The minimum Gasteiger partial charge on any atom is -0.464 e. The summed E-state index contributed by atoms with van der Waals surface area (Å²) in [6.07, 6.45) is 8.33. The van der Waals surface area contributed by atoms with Crippen LogP contribution in [0.4, 0.5) is 0 Å². The van der Waals surface area contributed by atoms with Gasteiger partial charge in [0.25, 0.3) is 0 Å². The van der Waals surface area contributed by atoms with Gasteiger partial charge in [0.1, 0.15) is 17.1 Å². The molecule has 0 amide bonds. The maximum atomic E-state index is 5.41. The molecule has 2 bridgehead atoms. The van der Waals surface area contributed by atoms with Crippen LogP contribution in [0.2, 0.25) is 0 Å². The number of nitrogens with one attached hydrogen (secondary N) is 2. The van der Waals surface area contributed by atoms with Gasteiger partial charge in [-0.15, -0.1) is 0 Å². The first-order chi connectivity index (χ1) is 10.3. The molecule has 1 unspecified atom stereocenters. The quantitative estimate of drug-likeness (QED) is 0.844. The van der Waals surface area contributed by atoms with Crippen LogP contribution in [-0.2, 0) is 0 Å². The van der Waals surface area contributed by atoms with Crippen LogP contribution in [0.15, 0.2) is 39.9 Å². The van der Waals surface area contributed by atoms with E-state index in [4.69, 9.17) is 9.41 Å². The fraction of sp³-hybridized carbons (Fsp3) is 0.471. The molecular weight excluding hydrogens is 262 g/mol. The standard InChI is InChI=1S/C17H19N3O/c1-4-14-5-2-11(1)10-17(14)18-16(19-20-17)13-3-6-15-12(9-13)7-8-21-15/h3,6-9,11,14,20H,1-2,4-5,10H2,(H,18,19). The van der Waals surface area contributed by atoms with E-state index in [-0.39, 0.29) is 5.66 Å². The van der Waals surface area contributed by atoms with Gasteiger partial charge in [-0.1, -0.05) is 0 Å². The summed E-state index contributed by atoms with van der Waals surface area (Å²) in [5, 5.41) is 1.13. The summed E-state index contributed by atoms with van der Waals surface area (Å²) in [6.45, 7) is 0. The molecule has 4 nitrogen and oxygen atoms in total. The Hall–Kier alpha value is -1.81. The Morgan fingerprint density at radius 1 is 1.14 bits per heavy atom. The molecule has 1 atom stereocenters. The highest BCUT2D eigenvalue weighted by molar-refractivity contribution is 6.02. The fourth-order valence-corrected chi connectivity index (χ4v) is 4.41. The smallest absolute Gasteiger partial charge is 0.144 e. The van der Waals surface area contributed by atoms with Crippen molar-refractivity contribution in [3.63, 3.8) is 0 Å². The Bertz CT molecular complexity index is 726. The largest absolute Gasteiger partial charge is 0.464 e. The summed E-state index contributed by atoms with van der Waals surface area (Å²) in [5.74, 6) is 2.51. The normalized spacial score (nSPS) is 34.4. The molecule has 3 fully saturated rings. The van der Waals surface area contributed by atoms with E-state index >= 15 is 0 Å². The molecule has 4 aliphatic rings. The Labute approximate surface area is 123 Å². The molecule has 3 aliphatic carbocycles. The molecule has 21 heavy (non-hydrogen) atoms. The van der Waals surface area contributed by atoms with E-state index in [2.05, 4.69) is 23.0 Å². The molecule has 0 saturated heterocycles. The number of aliphatic imine (C=N–C) groups is 1. The van der Waals surface area contributed by atoms with E-state index in [1.54, 1.807) is 6.26 Å². The molecule has 1 spiro atoms. The van der Waals surface area contributed by atoms with Gasteiger partial charge in [-0.25, -0.2) is 10.4 Å². The number of hydrazine groups is 1. The lowest BCUT2D eigenvalue weighted by atomic mass is 9.65. The summed E-state index contributed by atoms with van der Waals surface area (Å²) < 4.78 is 5.41. The fourth-order valence-electron chi connectivity index (χ4n) is 4.41. The van der Waals surface area contributed by atoms with Crippen molar-refractivity contribution in [3.8, 4) is 0 Å². The van der Waals surface area contributed by atoms with Crippen LogP contribution < -0.4 is 10.9 Å². The van der Waals surface area contributed by atoms with Crippen molar-refractivity contribution >= 4 is 16.8 Å². The van der Waals surface area contributed by atoms with Crippen LogP contribution in [0.1, 0.15) is 37.7 Å². The minimum absolute atomic E-state index is 0.0537. The lowest BCUT2D eigenvalue weighted by molar-refractivity contribution is 0.0506. The van der Waals surface area contributed by atoms with Gasteiger partial charge in [0.05, 0.1) is 6.26 Å². The predicted molar refractivity (Wildman–Crippen MR) is 81.8 cm³/mol. The molecule has 2 aromatic rings. The first kappa shape index (κ1) is 11.8. The number of rotatable bonds is 1. The zero-order valence-electron chi connectivity index (χ0n) is 11.9. The first-order valence-electron chi connectivity index (χ1n) is 7.93. The molecule has 0 radical (unpaired) electrons. The second-order valence-corrected chi connectivity index (χ2v) is 6.73. The van der Waals surface area contributed by atoms with Gasteiger partial charge in [-0.05, 0) is 68.2 Å². The molecule has 2 N–H and O–H groups in total. The highest BCUT2D eigenvalue weighted by atomic mass is 16.3. The van der Waals surface area contributed by atoms with E-state index in [0.717, 1.165) is 28.3 Å². The van der Waals surface area contributed by atoms with Crippen molar-refractivity contribution in [1.29, 1.82) is 0 Å². The number of nitrogens with zero attached hydrogens (tertiary/aromatic N) is 1. The van der Waals surface area contributed by atoms with Crippen LogP contribution in [0, 0.1) is 11.8 Å². The van der Waals surface area contributed by atoms with E-state index in [1.165, 1.54) is 32.1 Å². The molecule has 1 aliphatic heterocycles. The van der Waals surface area contributed by atoms with Crippen molar-refractivity contribution < 1.29 is 4.42 Å². The second kappa shape index (κ2) is 4.10. The Kier molecular flexibility index (Phi) is 2.31. The van der Waals surface area contributed by atoms with Crippen LogP contribution in [0.5, 0.6) is 0 Å². The molecule has 6 rings (SSSR count). The van der Waals surface area contributed by atoms with Crippen LogP contribution in [0.25, 0.3) is 11.0 Å². The number of amidine groups is 1. The Balaban J connectivity index is 1.53. The molecule has 108 valence electrons. The number of hydrogen-bond donors (Lipinski definition) is 2. The third-order valence-corrected chi connectivity index (χ3v) is 5.56. The SMILES string of the molecule is c1cc2cc(C3=NC4(CC5CCC4CC5)NN3)ccc2o1. The zero-order valence-corrected chi connectivity index (χ0v) is 11.9. The van der Waals surface area contributed by atoms with Gasteiger partial charge in [0.15, 0.2) is 0 Å². The summed E-state index contributed by atoms with van der Waals surface area (Å²) >= 11 is 0. The van der Waals surface area contributed by atoms with Crippen LogP contribution in [0.3, 0.4) is 0 Å². The lowest BCUT2D eigenvalue weighted by Crippen LogP contribution is -2.56. The average Bonchev–Trinajstić information content (AvgIpc) is 3.15. The van der Waals surface area contributed by atoms with Gasteiger partial charge < -0.3 is 9.84 Å². The van der Waals surface area contributed by atoms with Crippen LogP contribution in [-0.4, -0.2) is 11.5 Å². The van der Waals surface area contributed by atoms with Crippen molar-refractivity contribution in [2.45, 2.75) is 37.8 Å². The maximum Gasteiger partial charge on any atom is 0.144 e. The maximum absolute atomic E-state index is 5.41. The number of furan rings is 1. The highest BCUT2D eigenvalue weighted by Gasteiger charge is 2.49. The summed E-state index contributed by atoms with van der Waals surface area (Å²) in [4.78, 5) is 5.09. The van der Waals surface area contributed by atoms with E-state index < -0.39 is 0 Å². The topological polar surface area (TPSA) is 49.6 Å². The average molecular weight is 281 g/mol. The third kappa shape index (κ3) is 1.69. The molecule has 4 heteroatoms. The number of fused-ring (bicyclic) bond motifs is 3. The first-order valence-corrected chi connectivity index (χ1v) is 7.93. The van der Waals surface area contributed by atoms with Gasteiger partial charge in [-0.3, -0.25) is 0 Å². The predicted octanol–water partition coefficient (Wildman–Crippen LogP) is 3.19. The van der Waals surface area contributed by atoms with E-state index in [9.17, 15) is 0 Å². The number of benzene rings is 1. The van der Waals surface area contributed by atoms with Crippen molar-refractivity contribution in [3.05, 3.63) is 36.1 Å². The molecule has 1 aromatic heterocycles. The van der Waals surface area contributed by atoms with Crippen molar-refractivity contribution in [2.75, 3.05) is 0 Å². The number of hydrogen-bond acceptors (Lipinski definition) is 4. The molecule has 1 aromatic carbocycles. The van der Waals surface area contributed by atoms with E-state index in [1.807, 2.05) is 12.1 Å². The molecular formula is C17H19N3O. The summed E-state index contributed by atoms with van der Waals surface area (Å²) in [5.41, 5.74) is 8.87. The van der Waals surface area contributed by atoms with Gasteiger partial charge in [0, 0.05) is 10.9 Å². The summed E-state index contributed by atoms with van der Waals surface area (Å²) in [6, 6.07) is 8.25. The van der Waals surface area contributed by atoms with Crippen LogP contribution >= 0.6 is 0 Å². The molecule has 3 saturated carbocycles. The lowest BCUT2D eigenvalue weighted by Gasteiger charge is -2.47. The monoisotopic (exact) mass is 281 g/mol. The molecule has 2 heterocycles. The van der Waals surface area contributed by atoms with E-state index in [0.29, 0.717) is 5.92 Å². The van der Waals surface area contributed by atoms with Gasteiger partial charge >= 0.3 is 0 Å². The van der Waals surface area contributed by atoms with Gasteiger partial charge in [-0.2, -0.15) is 0 Å².